The van der Waals surface area contributed by atoms with Gasteiger partial charge >= 0.3 is 0 Å². The van der Waals surface area contributed by atoms with Crippen LogP contribution < -0.4 is 10.6 Å². The molecule has 0 radical (unpaired) electrons. The van der Waals surface area contributed by atoms with Crippen LogP contribution in [0.15, 0.2) is 66.7 Å². The first-order chi connectivity index (χ1) is 13.5. The van der Waals surface area contributed by atoms with Crippen LogP contribution in [0.4, 0.5) is 11.4 Å². The van der Waals surface area contributed by atoms with Crippen molar-refractivity contribution in [2.45, 2.75) is 0 Å². The van der Waals surface area contributed by atoms with Gasteiger partial charge in [-0.15, -0.1) is 0 Å². The molecule has 28 heavy (non-hydrogen) atoms. The van der Waals surface area contributed by atoms with Gasteiger partial charge in [-0.2, -0.15) is 5.26 Å². The topological polar surface area (TPSA) is 82.0 Å². The highest BCUT2D eigenvalue weighted by Gasteiger charge is 2.11. The summed E-state index contributed by atoms with van der Waals surface area (Å²) in [6.45, 7) is 0. The summed E-state index contributed by atoms with van der Waals surface area (Å²) < 4.78 is 0. The van der Waals surface area contributed by atoms with E-state index in [1.165, 1.54) is 12.1 Å². The third-order valence-corrected chi connectivity index (χ3v) is 4.55. The predicted octanol–water partition coefficient (Wildman–Crippen LogP) is 5.37. The standard InChI is InChI=1S/C21H13Cl2N3O2/c22-18-8-7-15(11-19(18)23)21(28)26-17-6-2-4-14(10-17)20(27)25-16-5-1-3-13(9-16)12-24/h1-11H,(H,25,27)(H,26,28). The zero-order valence-electron chi connectivity index (χ0n) is 14.4. The number of nitrogens with one attached hydrogen (secondary N) is 2. The molecule has 0 unspecified atom stereocenters. The third kappa shape index (κ3) is 4.68. The Labute approximate surface area is 171 Å². The fourth-order valence-corrected chi connectivity index (χ4v) is 2.75. The smallest absolute Gasteiger partial charge is 0.255 e. The highest BCUT2D eigenvalue weighted by Crippen LogP contribution is 2.23. The van der Waals surface area contributed by atoms with Crippen LogP contribution >= 0.6 is 23.2 Å². The summed E-state index contributed by atoms with van der Waals surface area (Å²) in [5.41, 5.74) is 2.11. The zero-order chi connectivity index (χ0) is 20.1. The lowest BCUT2D eigenvalue weighted by Crippen LogP contribution is -2.14. The maximum absolute atomic E-state index is 12.5. The van der Waals surface area contributed by atoms with Gasteiger partial charge in [0.1, 0.15) is 0 Å². The summed E-state index contributed by atoms with van der Waals surface area (Å²) in [4.78, 5) is 24.8. The van der Waals surface area contributed by atoms with E-state index in [0.29, 0.717) is 33.1 Å². The Morgan fingerprint density at radius 3 is 2.00 bits per heavy atom. The first-order valence-corrected chi connectivity index (χ1v) is 8.90. The van der Waals surface area contributed by atoms with Gasteiger partial charge in [-0.1, -0.05) is 35.3 Å². The molecule has 0 aliphatic carbocycles. The van der Waals surface area contributed by atoms with Gasteiger partial charge in [0.05, 0.1) is 21.7 Å². The SMILES string of the molecule is N#Cc1cccc(NC(=O)c2cccc(NC(=O)c3ccc(Cl)c(Cl)c3)c2)c1. The average Bonchev–Trinajstić information content (AvgIpc) is 2.70. The summed E-state index contributed by atoms with van der Waals surface area (Å²) in [6.07, 6.45) is 0. The van der Waals surface area contributed by atoms with E-state index in [-0.39, 0.29) is 16.8 Å². The molecule has 0 aromatic heterocycles. The van der Waals surface area contributed by atoms with E-state index < -0.39 is 0 Å². The molecule has 3 aromatic rings. The van der Waals surface area contributed by atoms with Gasteiger partial charge in [0.2, 0.25) is 0 Å². The largest absolute Gasteiger partial charge is 0.322 e. The van der Waals surface area contributed by atoms with Gasteiger partial charge in [0, 0.05) is 22.5 Å². The van der Waals surface area contributed by atoms with Gasteiger partial charge in [-0.25, -0.2) is 0 Å². The molecule has 2 N–H and O–H groups in total. The number of amides is 2. The van der Waals surface area contributed by atoms with E-state index in [4.69, 9.17) is 28.5 Å². The molecule has 7 heteroatoms. The molecular weight excluding hydrogens is 397 g/mol. The minimum atomic E-state index is -0.377. The molecule has 0 atom stereocenters. The van der Waals surface area contributed by atoms with Gasteiger partial charge in [-0.3, -0.25) is 9.59 Å². The Morgan fingerprint density at radius 2 is 1.36 bits per heavy atom. The molecule has 0 spiro atoms. The number of carbonyl (C=O) groups is 2. The summed E-state index contributed by atoms with van der Waals surface area (Å²) in [7, 11) is 0. The van der Waals surface area contributed by atoms with Gasteiger partial charge < -0.3 is 10.6 Å². The van der Waals surface area contributed by atoms with Gasteiger partial charge in [-0.05, 0) is 54.6 Å². The number of halogens is 2. The zero-order valence-corrected chi connectivity index (χ0v) is 15.9. The van der Waals surface area contributed by atoms with Crippen LogP contribution in [0.3, 0.4) is 0 Å². The number of nitrogens with zero attached hydrogens (tertiary/aromatic N) is 1. The van der Waals surface area contributed by atoms with Crippen molar-refractivity contribution in [1.82, 2.24) is 0 Å². The summed E-state index contributed by atoms with van der Waals surface area (Å²) >= 11 is 11.8. The Kier molecular flexibility index (Phi) is 5.95. The predicted molar refractivity (Wildman–Crippen MR) is 110 cm³/mol. The normalized spacial score (nSPS) is 10.0. The molecule has 0 bridgehead atoms. The van der Waals surface area contributed by atoms with Crippen LogP contribution in [-0.2, 0) is 0 Å². The van der Waals surface area contributed by atoms with Crippen LogP contribution in [0.5, 0.6) is 0 Å². The second-order valence-corrected chi connectivity index (χ2v) is 6.62. The number of benzene rings is 3. The van der Waals surface area contributed by atoms with Crippen molar-refractivity contribution in [3.8, 4) is 6.07 Å². The minimum Gasteiger partial charge on any atom is -0.322 e. The van der Waals surface area contributed by atoms with E-state index in [0.717, 1.165) is 0 Å². The number of hydrogen-bond acceptors (Lipinski definition) is 3. The molecule has 3 aromatic carbocycles. The van der Waals surface area contributed by atoms with Crippen molar-refractivity contribution < 1.29 is 9.59 Å². The Hall–Kier alpha value is -3.33. The number of carbonyl (C=O) groups excluding carboxylic acids is 2. The number of nitriles is 1. The van der Waals surface area contributed by atoms with Crippen molar-refractivity contribution in [1.29, 1.82) is 5.26 Å². The van der Waals surface area contributed by atoms with Crippen molar-refractivity contribution in [3.05, 3.63) is 93.5 Å². The van der Waals surface area contributed by atoms with Crippen molar-refractivity contribution >= 4 is 46.4 Å². The van der Waals surface area contributed by atoms with Crippen LogP contribution in [0.2, 0.25) is 10.0 Å². The van der Waals surface area contributed by atoms with Crippen molar-refractivity contribution in [3.63, 3.8) is 0 Å². The number of hydrogen-bond donors (Lipinski definition) is 2. The minimum absolute atomic E-state index is 0.280. The molecule has 5 nitrogen and oxygen atoms in total. The van der Waals surface area contributed by atoms with E-state index in [2.05, 4.69) is 10.6 Å². The van der Waals surface area contributed by atoms with Gasteiger partial charge in [0.25, 0.3) is 11.8 Å². The lowest BCUT2D eigenvalue weighted by atomic mass is 10.1. The lowest BCUT2D eigenvalue weighted by molar-refractivity contribution is 0.101. The second kappa shape index (κ2) is 8.57. The first-order valence-electron chi connectivity index (χ1n) is 8.14. The molecular formula is C21H13Cl2N3O2. The molecule has 138 valence electrons. The summed E-state index contributed by atoms with van der Waals surface area (Å²) in [5, 5.41) is 15.0. The fraction of sp³-hybridized carbons (Fsp3) is 0. The molecule has 0 saturated heterocycles. The molecule has 0 heterocycles. The van der Waals surface area contributed by atoms with Crippen molar-refractivity contribution in [2.24, 2.45) is 0 Å². The van der Waals surface area contributed by atoms with E-state index in [9.17, 15) is 9.59 Å². The maximum Gasteiger partial charge on any atom is 0.255 e. The quantitative estimate of drug-likeness (QED) is 0.607. The first kappa shape index (κ1) is 19.4. The summed E-state index contributed by atoms with van der Waals surface area (Å²) in [6, 6.07) is 19.7. The summed E-state index contributed by atoms with van der Waals surface area (Å²) in [5.74, 6) is -0.737. The number of rotatable bonds is 4. The number of anilines is 2. The van der Waals surface area contributed by atoms with E-state index in [1.807, 2.05) is 6.07 Å². The molecule has 0 fully saturated rings. The highest BCUT2D eigenvalue weighted by atomic mass is 35.5. The van der Waals surface area contributed by atoms with Gasteiger partial charge in [0.15, 0.2) is 0 Å². The Morgan fingerprint density at radius 1 is 0.750 bits per heavy atom. The van der Waals surface area contributed by atoms with E-state index in [1.54, 1.807) is 54.6 Å². The van der Waals surface area contributed by atoms with Crippen molar-refractivity contribution in [2.75, 3.05) is 10.6 Å². The van der Waals surface area contributed by atoms with Crippen LogP contribution in [-0.4, -0.2) is 11.8 Å². The second-order valence-electron chi connectivity index (χ2n) is 5.81. The molecule has 3 rings (SSSR count). The Balaban J connectivity index is 1.74. The van der Waals surface area contributed by atoms with Crippen LogP contribution in [0.1, 0.15) is 26.3 Å². The lowest BCUT2D eigenvalue weighted by Gasteiger charge is -2.09. The molecule has 0 aliphatic heterocycles. The van der Waals surface area contributed by atoms with Crippen LogP contribution in [0.25, 0.3) is 0 Å². The van der Waals surface area contributed by atoms with Crippen LogP contribution in [0, 0.1) is 11.3 Å². The molecule has 2 amide bonds. The highest BCUT2D eigenvalue weighted by molar-refractivity contribution is 6.42. The molecule has 0 saturated carbocycles. The monoisotopic (exact) mass is 409 g/mol. The molecule has 0 aliphatic rings. The maximum atomic E-state index is 12.5. The average molecular weight is 410 g/mol. The fourth-order valence-electron chi connectivity index (χ4n) is 2.45. The van der Waals surface area contributed by atoms with E-state index >= 15 is 0 Å². The Bertz CT molecular complexity index is 1110. The third-order valence-electron chi connectivity index (χ3n) is 3.81.